The minimum absolute atomic E-state index is 0.00469. The van der Waals surface area contributed by atoms with Gasteiger partial charge in [-0.3, -0.25) is 82.1 Å². The number of hydrogen-bond donors (Lipinski definition) is 25. The molecule has 724 valence electrons. The van der Waals surface area contributed by atoms with Crippen LogP contribution in [0.4, 0.5) is 13.2 Å². The fourth-order valence-electron chi connectivity index (χ4n) is 12.6. The van der Waals surface area contributed by atoms with Crippen LogP contribution in [0.25, 0.3) is 0 Å². The Morgan fingerprint density at radius 1 is 0.372 bits per heavy atom. The number of unbranched alkanes of at least 4 members (excludes halogenated alkanes) is 2. The summed E-state index contributed by atoms with van der Waals surface area (Å²) in [5.74, 6) is -21.0. The Morgan fingerprint density at radius 2 is 0.674 bits per heavy atom. The second kappa shape index (κ2) is 61.0. The minimum Gasteiger partial charge on any atom is -0.481 e. The number of benzene rings is 2. The number of nitrogens with zero attached hydrogens (tertiary/aromatic N) is 3. The van der Waals surface area contributed by atoms with Crippen LogP contribution in [-0.2, 0) is 89.6 Å². The molecule has 129 heavy (non-hydrogen) atoms. The maximum Gasteiger partial charge on any atom is 0.490 e. The number of alkyl halides is 3. The Hall–Kier alpha value is -12.6. The van der Waals surface area contributed by atoms with E-state index in [1.165, 1.54) is 0 Å². The third kappa shape index (κ3) is 47.2. The lowest BCUT2D eigenvalue weighted by atomic mass is 9.95. The minimum atomic E-state index is -5.08. The van der Waals surface area contributed by atoms with E-state index in [-0.39, 0.29) is 146 Å². The SMILES string of the molecule is CC[C@H](C)[C@H](NC(=O)[C@H](CCCN=C(N)N)NC(=O)[C@H](CCC(N)=O)NC(=O)[C@@H](NC(=O)[C@@H](NC(=O)[C@H](CCCN=C(N)N)NC(=O)[C@H](CCCCN)NC(=O)[C@@H](N)Cc1ccccc1)[C@@H](C)CC)C(C)C)C(=O)N[C@@H](CCCCN)C(=O)N[C@@H](CC(=O)O)C(=O)N[C@@H](Cc1ccccc1)C(=O)N[C@@H](CC(C)C)C(=O)N[C@@H](CCCN=C(N)N)C(=O)O.O=C(O)C(F)(F)F. The summed E-state index contributed by atoms with van der Waals surface area (Å²) in [5.41, 5.74) is 58.0. The Morgan fingerprint density at radius 3 is 1.04 bits per heavy atom. The van der Waals surface area contributed by atoms with E-state index in [0.29, 0.717) is 24.8 Å². The van der Waals surface area contributed by atoms with Crippen LogP contribution < -0.4 is 121 Å². The van der Waals surface area contributed by atoms with Gasteiger partial charge in [0.05, 0.1) is 12.5 Å². The molecule has 44 nitrogen and oxygen atoms in total. The molecular weight excluding hydrogens is 1700 g/mol. The average molecular weight is 1830 g/mol. The van der Waals surface area contributed by atoms with Crippen LogP contribution in [0.1, 0.15) is 182 Å². The summed E-state index contributed by atoms with van der Waals surface area (Å²) in [5, 5.41) is 58.7. The lowest BCUT2D eigenvalue weighted by molar-refractivity contribution is -0.192. The predicted molar refractivity (Wildman–Crippen MR) is 472 cm³/mol. The summed E-state index contributed by atoms with van der Waals surface area (Å²) in [6.45, 7) is 13.7. The molecule has 15 atom stereocenters. The van der Waals surface area contributed by atoms with Gasteiger partial charge in [-0.2, -0.15) is 13.2 Å². The van der Waals surface area contributed by atoms with Gasteiger partial charge in [0, 0.05) is 32.5 Å². The highest BCUT2D eigenvalue weighted by molar-refractivity contribution is 6.01. The standard InChI is InChI=1S/C80H135N25O17.C2HF3O2/c1-9-46(7)63(75(119)97-52(29-18-20-36-82)67(111)102-59(43-61(107)108)73(117)101-58(42-49-26-15-12-16-27-49)72(116)100-57(40-44(3)4)71(115)99-56(77(121)122)32-23-39-93-80(89)90)104-69(113)54(31-22-38-92-79(87)88)96-68(112)55(33-34-60(84)106)98-74(118)62(45(5)6)103-76(120)64(47(8)10-2)105-70(114)53(30-21-37-91-78(85)86)95-66(110)51(28-17-19-35-81)94-65(109)50(83)41-48-24-13-11-14-25-48;3-2(4,5)1(6)7/h11-16,24-27,44-47,50-59,62-64H,9-10,17-23,28-43,81-83H2,1-8H3,(H2,84,106)(H,94,109)(H,95,110)(H,96,112)(H,97,119)(H,98,118)(H,99,115)(H,100,116)(H,101,117)(H,102,111)(H,103,120)(H,104,113)(H,105,114)(H,107,108)(H,121,122)(H4,85,86,91)(H4,87,88,92)(H4,89,90,93);(H,6,7)/t46-,47-,50-,51-,52-,53-,54-,55-,56-,57-,58-,59-,62-,63-,64-;/m0./s1. The number of guanidine groups is 3. The third-order valence-corrected chi connectivity index (χ3v) is 20.2. The molecule has 2 rings (SSSR count). The van der Waals surface area contributed by atoms with Crippen LogP contribution in [0, 0.1) is 23.7 Å². The van der Waals surface area contributed by atoms with Gasteiger partial charge in [0.1, 0.15) is 72.5 Å². The lowest BCUT2D eigenvalue weighted by Gasteiger charge is -2.31. The number of carboxylic acid groups (broad SMARTS) is 3. The quantitative estimate of drug-likeness (QED) is 0.0172. The molecule has 0 aliphatic heterocycles. The van der Waals surface area contributed by atoms with Crippen LogP contribution in [0.15, 0.2) is 75.6 Å². The van der Waals surface area contributed by atoms with Crippen LogP contribution in [0.3, 0.4) is 0 Å². The van der Waals surface area contributed by atoms with Gasteiger partial charge < -0.3 is 136 Å². The lowest BCUT2D eigenvalue weighted by Crippen LogP contribution is -2.62. The molecule has 0 spiro atoms. The average Bonchev–Trinajstić information content (AvgIpc) is 0.848. The van der Waals surface area contributed by atoms with Crippen molar-refractivity contribution < 1.29 is 105 Å². The van der Waals surface area contributed by atoms with Gasteiger partial charge in [0.15, 0.2) is 17.9 Å². The molecule has 0 saturated carbocycles. The Balaban J connectivity index is 0.0000114. The van der Waals surface area contributed by atoms with Crippen molar-refractivity contribution in [3.63, 3.8) is 0 Å². The van der Waals surface area contributed by atoms with Crippen LogP contribution in [0.5, 0.6) is 0 Å². The van der Waals surface area contributed by atoms with E-state index >= 15 is 0 Å². The van der Waals surface area contributed by atoms with E-state index in [2.05, 4.69) is 78.8 Å². The molecule has 2 aromatic carbocycles. The maximum absolute atomic E-state index is 14.9. The van der Waals surface area contributed by atoms with E-state index < -0.39 is 216 Å². The van der Waals surface area contributed by atoms with Gasteiger partial charge in [-0.25, -0.2) is 9.59 Å². The molecule has 0 aromatic heterocycles. The van der Waals surface area contributed by atoms with E-state index in [1.54, 1.807) is 110 Å². The Labute approximate surface area is 747 Å². The number of aliphatic carboxylic acids is 3. The number of amides is 13. The second-order valence-electron chi connectivity index (χ2n) is 31.8. The van der Waals surface area contributed by atoms with Crippen molar-refractivity contribution in [3.8, 4) is 0 Å². The zero-order chi connectivity index (χ0) is 97.8. The molecule has 35 N–H and O–H groups in total. The zero-order valence-electron chi connectivity index (χ0n) is 74.4. The van der Waals surface area contributed by atoms with Crippen molar-refractivity contribution in [1.82, 2.24) is 63.8 Å². The highest BCUT2D eigenvalue weighted by atomic mass is 19.4. The van der Waals surface area contributed by atoms with E-state index in [9.17, 15) is 95.3 Å². The van der Waals surface area contributed by atoms with Crippen molar-refractivity contribution >= 4 is 113 Å². The number of aliphatic imine (C=N–C) groups is 3. The van der Waals surface area contributed by atoms with Gasteiger partial charge in [0.25, 0.3) is 0 Å². The molecule has 0 unspecified atom stereocenters. The van der Waals surface area contributed by atoms with Gasteiger partial charge >= 0.3 is 24.1 Å². The topological polar surface area (TPSA) is 775 Å². The first-order valence-electron chi connectivity index (χ1n) is 42.7. The molecule has 0 aliphatic carbocycles. The summed E-state index contributed by atoms with van der Waals surface area (Å²) in [7, 11) is 0. The zero-order valence-corrected chi connectivity index (χ0v) is 74.4. The van der Waals surface area contributed by atoms with Crippen LogP contribution >= 0.6 is 0 Å². The van der Waals surface area contributed by atoms with E-state index in [0.717, 1.165) is 5.56 Å². The van der Waals surface area contributed by atoms with Crippen molar-refractivity contribution in [3.05, 3.63) is 71.8 Å². The first-order valence-corrected chi connectivity index (χ1v) is 42.7. The van der Waals surface area contributed by atoms with Crippen molar-refractivity contribution in [1.29, 1.82) is 0 Å². The molecule has 0 radical (unpaired) electrons. The van der Waals surface area contributed by atoms with Gasteiger partial charge in [-0.1, -0.05) is 129 Å². The first-order chi connectivity index (χ1) is 60.6. The number of halogens is 3. The Kier molecular flexibility index (Phi) is 54.1. The first kappa shape index (κ1) is 114. The number of carbonyl (C=O) groups excluding carboxylic acids is 13. The maximum atomic E-state index is 14.9. The van der Waals surface area contributed by atoms with E-state index in [4.69, 9.17) is 67.2 Å². The highest BCUT2D eigenvalue weighted by Crippen LogP contribution is 2.19. The molecule has 0 fully saturated rings. The van der Waals surface area contributed by atoms with E-state index in [1.807, 2.05) is 6.07 Å². The number of carboxylic acids is 3. The number of primary amides is 1. The van der Waals surface area contributed by atoms with Crippen molar-refractivity contribution in [2.75, 3.05) is 32.7 Å². The fourth-order valence-corrected chi connectivity index (χ4v) is 12.6. The molecule has 2 aromatic rings. The Bertz CT molecular complexity index is 4030. The molecule has 0 bridgehead atoms. The molecule has 13 amide bonds. The summed E-state index contributed by atoms with van der Waals surface area (Å²) in [4.78, 5) is 232. The van der Waals surface area contributed by atoms with Crippen molar-refractivity contribution in [2.45, 2.75) is 269 Å². The fraction of sp³-hybridized carbons (Fsp3) is 0.622. The normalized spacial score (nSPS) is 14.6. The summed E-state index contributed by atoms with van der Waals surface area (Å²) < 4.78 is 31.7. The van der Waals surface area contributed by atoms with Crippen molar-refractivity contribution in [2.24, 2.45) is 96.0 Å². The van der Waals surface area contributed by atoms with Gasteiger partial charge in [0.2, 0.25) is 76.8 Å². The number of rotatable bonds is 61. The second-order valence-corrected chi connectivity index (χ2v) is 31.8. The number of nitrogens with one attached hydrogen (secondary N) is 12. The monoisotopic (exact) mass is 1830 g/mol. The molecule has 0 aliphatic rings. The number of hydrogen-bond acceptors (Lipinski definition) is 22. The van der Waals surface area contributed by atoms with Crippen LogP contribution in [-0.4, -0.2) is 245 Å². The predicted octanol–water partition coefficient (Wildman–Crippen LogP) is -3.71. The van der Waals surface area contributed by atoms with Gasteiger partial charge in [-0.15, -0.1) is 0 Å². The highest BCUT2D eigenvalue weighted by Gasteiger charge is 2.41. The molecule has 0 heterocycles. The number of carbonyl (C=O) groups is 16. The molecule has 0 saturated heterocycles. The van der Waals surface area contributed by atoms with Crippen LogP contribution in [0.2, 0.25) is 0 Å². The van der Waals surface area contributed by atoms with Gasteiger partial charge in [-0.05, 0) is 144 Å². The number of nitrogens with two attached hydrogens (primary N) is 10. The largest absolute Gasteiger partial charge is 0.490 e. The summed E-state index contributed by atoms with van der Waals surface area (Å²) in [6.07, 6.45) is -5.61. The molecule has 47 heteroatoms. The summed E-state index contributed by atoms with van der Waals surface area (Å²) in [6, 6.07) is -1.97. The summed E-state index contributed by atoms with van der Waals surface area (Å²) >= 11 is 0. The molecular formula is C82H136F3N25O19. The smallest absolute Gasteiger partial charge is 0.481 e. The third-order valence-electron chi connectivity index (χ3n) is 20.2.